The van der Waals surface area contributed by atoms with Gasteiger partial charge in [-0.05, 0) is 24.6 Å². The van der Waals surface area contributed by atoms with Crippen LogP contribution in [0.15, 0.2) is 36.8 Å². The number of nitrogens with zero attached hydrogens (tertiary/aromatic N) is 3. The highest BCUT2D eigenvalue weighted by atomic mass is 16.5. The Bertz CT molecular complexity index is 570. The number of methoxy groups -OCH3 is 1. The van der Waals surface area contributed by atoms with Crippen molar-refractivity contribution in [3.63, 3.8) is 0 Å². The van der Waals surface area contributed by atoms with Gasteiger partial charge >= 0.3 is 6.03 Å². The standard InChI is InChI=1S/C14H19N5O2/c1-11(10-21-2)19-8-5-13(18-19)17-14(20)16-9-12-3-6-15-7-4-12/h3-8,11H,9-10H2,1-2H3,(H2,16,17,18,20)/t11-/m1/s1. The third-order valence-corrected chi connectivity index (χ3v) is 2.91. The number of aromatic nitrogens is 3. The van der Waals surface area contributed by atoms with Crippen molar-refractivity contribution in [2.75, 3.05) is 19.0 Å². The summed E-state index contributed by atoms with van der Waals surface area (Å²) >= 11 is 0. The van der Waals surface area contributed by atoms with Crippen LogP contribution in [0.4, 0.5) is 10.6 Å². The lowest BCUT2D eigenvalue weighted by Gasteiger charge is -2.10. The monoisotopic (exact) mass is 289 g/mol. The SMILES string of the molecule is COC[C@@H](C)n1ccc(NC(=O)NCc2ccncc2)n1. The second kappa shape index (κ2) is 7.39. The average Bonchev–Trinajstić information content (AvgIpc) is 2.95. The van der Waals surface area contributed by atoms with Gasteiger partial charge in [-0.1, -0.05) is 0 Å². The van der Waals surface area contributed by atoms with Crippen LogP contribution in [0.1, 0.15) is 18.5 Å². The maximum Gasteiger partial charge on any atom is 0.320 e. The fourth-order valence-corrected chi connectivity index (χ4v) is 1.81. The number of carbonyl (C=O) groups is 1. The van der Waals surface area contributed by atoms with Crippen LogP contribution in [0.25, 0.3) is 0 Å². The zero-order chi connectivity index (χ0) is 15.1. The Morgan fingerprint density at radius 3 is 2.86 bits per heavy atom. The summed E-state index contributed by atoms with van der Waals surface area (Å²) in [4.78, 5) is 15.7. The van der Waals surface area contributed by atoms with E-state index in [1.807, 2.05) is 25.3 Å². The first-order valence-corrected chi connectivity index (χ1v) is 6.67. The normalized spacial score (nSPS) is 11.9. The molecule has 0 saturated heterocycles. The summed E-state index contributed by atoms with van der Waals surface area (Å²) in [5, 5.41) is 9.73. The summed E-state index contributed by atoms with van der Waals surface area (Å²) in [5.74, 6) is 0.505. The zero-order valence-corrected chi connectivity index (χ0v) is 12.1. The molecule has 2 heterocycles. The molecule has 2 N–H and O–H groups in total. The Morgan fingerprint density at radius 2 is 2.14 bits per heavy atom. The van der Waals surface area contributed by atoms with E-state index < -0.39 is 0 Å². The quantitative estimate of drug-likeness (QED) is 0.849. The van der Waals surface area contributed by atoms with Crippen LogP contribution < -0.4 is 10.6 Å². The van der Waals surface area contributed by atoms with Crippen molar-refractivity contribution in [3.8, 4) is 0 Å². The highest BCUT2D eigenvalue weighted by Gasteiger charge is 2.08. The molecular weight excluding hydrogens is 270 g/mol. The number of hydrogen-bond donors (Lipinski definition) is 2. The van der Waals surface area contributed by atoms with Crippen molar-refractivity contribution in [2.24, 2.45) is 0 Å². The number of urea groups is 1. The van der Waals surface area contributed by atoms with E-state index >= 15 is 0 Å². The van der Waals surface area contributed by atoms with Gasteiger partial charge in [0, 0.05) is 38.3 Å². The Hall–Kier alpha value is -2.41. The third kappa shape index (κ3) is 4.57. The molecule has 2 aromatic rings. The molecule has 0 aromatic carbocycles. The fourth-order valence-electron chi connectivity index (χ4n) is 1.81. The van der Waals surface area contributed by atoms with Crippen molar-refractivity contribution in [2.45, 2.75) is 19.5 Å². The second-order valence-corrected chi connectivity index (χ2v) is 4.65. The number of nitrogens with one attached hydrogen (secondary N) is 2. The lowest BCUT2D eigenvalue weighted by molar-refractivity contribution is 0.157. The Balaban J connectivity index is 1.83. The van der Waals surface area contributed by atoms with Gasteiger partial charge in [0.1, 0.15) is 0 Å². The smallest absolute Gasteiger partial charge is 0.320 e. The first kappa shape index (κ1) is 15.0. The predicted octanol–water partition coefficient (Wildman–Crippen LogP) is 1.81. The van der Waals surface area contributed by atoms with E-state index in [0.717, 1.165) is 5.56 Å². The van der Waals surface area contributed by atoms with E-state index in [1.165, 1.54) is 0 Å². The summed E-state index contributed by atoms with van der Waals surface area (Å²) in [6.45, 7) is 2.99. The Morgan fingerprint density at radius 1 is 1.38 bits per heavy atom. The lowest BCUT2D eigenvalue weighted by atomic mass is 10.3. The molecule has 2 amide bonds. The van der Waals surface area contributed by atoms with E-state index in [4.69, 9.17) is 4.74 Å². The molecule has 0 spiro atoms. The molecule has 21 heavy (non-hydrogen) atoms. The van der Waals surface area contributed by atoms with Crippen LogP contribution >= 0.6 is 0 Å². The number of amides is 2. The van der Waals surface area contributed by atoms with Crippen LogP contribution in [0.5, 0.6) is 0 Å². The van der Waals surface area contributed by atoms with Gasteiger partial charge < -0.3 is 10.1 Å². The minimum Gasteiger partial charge on any atom is -0.382 e. The zero-order valence-electron chi connectivity index (χ0n) is 12.1. The number of ether oxygens (including phenoxy) is 1. The predicted molar refractivity (Wildman–Crippen MR) is 78.9 cm³/mol. The highest BCUT2D eigenvalue weighted by molar-refractivity contribution is 5.88. The largest absolute Gasteiger partial charge is 0.382 e. The summed E-state index contributed by atoms with van der Waals surface area (Å²) in [5.41, 5.74) is 0.986. The maximum absolute atomic E-state index is 11.8. The van der Waals surface area contributed by atoms with Gasteiger partial charge in [0.2, 0.25) is 0 Å². The van der Waals surface area contributed by atoms with Crippen LogP contribution in [0.2, 0.25) is 0 Å². The summed E-state index contributed by atoms with van der Waals surface area (Å²) in [6.07, 6.45) is 5.18. The average molecular weight is 289 g/mol. The van der Waals surface area contributed by atoms with Gasteiger partial charge in [0.25, 0.3) is 0 Å². The number of hydrogen-bond acceptors (Lipinski definition) is 4. The van der Waals surface area contributed by atoms with Crippen molar-refractivity contribution >= 4 is 11.8 Å². The molecule has 0 fully saturated rings. The molecule has 112 valence electrons. The minimum absolute atomic E-state index is 0.116. The highest BCUT2D eigenvalue weighted by Crippen LogP contribution is 2.09. The molecule has 0 saturated carbocycles. The summed E-state index contributed by atoms with van der Waals surface area (Å²) < 4.78 is 6.82. The van der Waals surface area contributed by atoms with Gasteiger partial charge in [-0.2, -0.15) is 5.10 Å². The van der Waals surface area contributed by atoms with Crippen LogP contribution in [-0.4, -0.2) is 34.5 Å². The fraction of sp³-hybridized carbons (Fsp3) is 0.357. The number of anilines is 1. The number of carbonyl (C=O) groups excluding carboxylic acids is 1. The Labute approximate surface area is 123 Å². The van der Waals surface area contributed by atoms with Crippen molar-refractivity contribution < 1.29 is 9.53 Å². The molecule has 7 nitrogen and oxygen atoms in total. The van der Waals surface area contributed by atoms with Gasteiger partial charge in [0.15, 0.2) is 5.82 Å². The first-order valence-electron chi connectivity index (χ1n) is 6.67. The molecule has 0 aliphatic carbocycles. The van der Waals surface area contributed by atoms with Gasteiger partial charge in [-0.15, -0.1) is 0 Å². The Kier molecular flexibility index (Phi) is 5.28. The van der Waals surface area contributed by atoms with Gasteiger partial charge in [0.05, 0.1) is 12.6 Å². The molecular formula is C14H19N5O2. The van der Waals surface area contributed by atoms with Crippen molar-refractivity contribution in [3.05, 3.63) is 42.4 Å². The molecule has 7 heteroatoms. The van der Waals surface area contributed by atoms with E-state index in [0.29, 0.717) is 19.0 Å². The molecule has 2 rings (SSSR count). The van der Waals surface area contributed by atoms with Crippen LogP contribution in [-0.2, 0) is 11.3 Å². The van der Waals surface area contributed by atoms with E-state index in [2.05, 4.69) is 20.7 Å². The molecule has 0 aliphatic heterocycles. The van der Waals surface area contributed by atoms with E-state index in [9.17, 15) is 4.79 Å². The van der Waals surface area contributed by atoms with Crippen LogP contribution in [0.3, 0.4) is 0 Å². The van der Waals surface area contributed by atoms with Crippen LogP contribution in [0, 0.1) is 0 Å². The minimum atomic E-state index is -0.295. The second-order valence-electron chi connectivity index (χ2n) is 4.65. The van der Waals surface area contributed by atoms with E-state index in [-0.39, 0.29) is 12.1 Å². The lowest BCUT2D eigenvalue weighted by Crippen LogP contribution is -2.28. The van der Waals surface area contributed by atoms with E-state index in [1.54, 1.807) is 30.3 Å². The molecule has 2 aromatic heterocycles. The molecule has 1 atom stereocenters. The molecule has 0 unspecified atom stereocenters. The molecule has 0 radical (unpaired) electrons. The third-order valence-electron chi connectivity index (χ3n) is 2.91. The van der Waals surface area contributed by atoms with Crippen molar-refractivity contribution in [1.82, 2.24) is 20.1 Å². The van der Waals surface area contributed by atoms with Gasteiger partial charge in [-0.3, -0.25) is 15.0 Å². The number of rotatable bonds is 6. The summed E-state index contributed by atoms with van der Waals surface area (Å²) in [7, 11) is 1.64. The maximum atomic E-state index is 11.8. The molecule has 0 bridgehead atoms. The topological polar surface area (TPSA) is 81.1 Å². The van der Waals surface area contributed by atoms with Gasteiger partial charge in [-0.25, -0.2) is 4.79 Å². The molecule has 0 aliphatic rings. The first-order chi connectivity index (χ1) is 10.2. The summed E-state index contributed by atoms with van der Waals surface area (Å²) in [6, 6.07) is 5.27. The van der Waals surface area contributed by atoms with Crippen molar-refractivity contribution in [1.29, 1.82) is 0 Å². The number of pyridine rings is 1.